The maximum Gasteiger partial charge on any atom is 0.227 e. The molecule has 0 aliphatic heterocycles. The molecule has 5 nitrogen and oxygen atoms in total. The lowest BCUT2D eigenvalue weighted by molar-refractivity contribution is 1.09. The first-order valence-electron chi connectivity index (χ1n) is 3.58. The number of rotatable bonds is 2. The molecular weight excluding hydrogens is 234 g/mol. The highest BCUT2D eigenvalue weighted by Crippen LogP contribution is 2.11. The summed E-state index contributed by atoms with van der Waals surface area (Å²) in [4.78, 5) is 8.08. The fraction of sp³-hybridized carbons (Fsp3) is 0. The molecule has 13 heavy (non-hydrogen) atoms. The number of nitrogens with zero attached hydrogens (tertiary/aromatic N) is 3. The first-order valence-corrected chi connectivity index (χ1v) is 4.37. The molecule has 0 bridgehead atoms. The number of hydrogen-bond donors (Lipinski definition) is 2. The van der Waals surface area contributed by atoms with Gasteiger partial charge in [-0.1, -0.05) is 0 Å². The summed E-state index contributed by atoms with van der Waals surface area (Å²) in [6.45, 7) is 0. The van der Waals surface area contributed by atoms with E-state index in [0.717, 1.165) is 10.2 Å². The van der Waals surface area contributed by atoms with Crippen LogP contribution in [-0.2, 0) is 0 Å². The minimum atomic E-state index is 0.546. The highest BCUT2D eigenvalue weighted by Gasteiger charge is 1.96. The molecule has 0 aliphatic carbocycles. The van der Waals surface area contributed by atoms with Gasteiger partial charge in [0.15, 0.2) is 0 Å². The van der Waals surface area contributed by atoms with Crippen molar-refractivity contribution < 1.29 is 0 Å². The predicted octanol–water partition coefficient (Wildman–Crippen LogP) is 1.71. The van der Waals surface area contributed by atoms with E-state index in [0.29, 0.717) is 5.95 Å². The molecule has 0 saturated heterocycles. The topological polar surface area (TPSA) is 66.5 Å². The summed E-state index contributed by atoms with van der Waals surface area (Å²) < 4.78 is 0.852. The van der Waals surface area contributed by atoms with E-state index in [-0.39, 0.29) is 0 Å². The number of nitrogens with one attached hydrogen (secondary N) is 2. The van der Waals surface area contributed by atoms with Gasteiger partial charge in [0.2, 0.25) is 5.95 Å². The van der Waals surface area contributed by atoms with Crippen molar-refractivity contribution in [1.82, 2.24) is 20.2 Å². The van der Waals surface area contributed by atoms with Gasteiger partial charge in [-0.05, 0) is 15.9 Å². The van der Waals surface area contributed by atoms with Crippen LogP contribution >= 0.6 is 15.9 Å². The molecule has 2 aromatic heterocycles. The number of aromatic amines is 1. The molecule has 2 rings (SSSR count). The third-order valence-electron chi connectivity index (χ3n) is 1.37. The van der Waals surface area contributed by atoms with Gasteiger partial charge in [-0.15, -0.1) is 0 Å². The van der Waals surface area contributed by atoms with E-state index in [1.54, 1.807) is 24.8 Å². The van der Waals surface area contributed by atoms with Gasteiger partial charge >= 0.3 is 0 Å². The number of anilines is 2. The summed E-state index contributed by atoms with van der Waals surface area (Å²) >= 11 is 3.25. The van der Waals surface area contributed by atoms with Gasteiger partial charge in [-0.25, -0.2) is 9.97 Å². The van der Waals surface area contributed by atoms with Crippen molar-refractivity contribution >= 4 is 27.6 Å². The van der Waals surface area contributed by atoms with Crippen LogP contribution in [0, 0.1) is 0 Å². The van der Waals surface area contributed by atoms with Crippen LogP contribution in [-0.4, -0.2) is 20.2 Å². The van der Waals surface area contributed by atoms with Crippen LogP contribution in [0.15, 0.2) is 29.3 Å². The van der Waals surface area contributed by atoms with Crippen LogP contribution in [0.5, 0.6) is 0 Å². The number of hydrogen-bond acceptors (Lipinski definition) is 4. The van der Waals surface area contributed by atoms with Gasteiger partial charge in [-0.3, -0.25) is 5.10 Å². The van der Waals surface area contributed by atoms with E-state index < -0.39 is 0 Å². The molecule has 66 valence electrons. The number of H-pyrrole nitrogens is 1. The Hall–Kier alpha value is -1.43. The first kappa shape index (κ1) is 8.18. The monoisotopic (exact) mass is 239 g/mol. The summed E-state index contributed by atoms with van der Waals surface area (Å²) in [7, 11) is 0. The first-order chi connectivity index (χ1) is 6.34. The summed E-state index contributed by atoms with van der Waals surface area (Å²) in [6.07, 6.45) is 6.74. The van der Waals surface area contributed by atoms with Crippen molar-refractivity contribution in [1.29, 1.82) is 0 Å². The molecule has 0 fully saturated rings. The zero-order valence-corrected chi connectivity index (χ0v) is 8.12. The third kappa shape index (κ3) is 2.03. The maximum atomic E-state index is 4.04. The second-order valence-electron chi connectivity index (χ2n) is 2.34. The molecule has 0 aliphatic rings. The predicted molar refractivity (Wildman–Crippen MR) is 51.6 cm³/mol. The van der Waals surface area contributed by atoms with Gasteiger partial charge in [0.05, 0.1) is 16.4 Å². The molecule has 6 heteroatoms. The van der Waals surface area contributed by atoms with Crippen molar-refractivity contribution in [2.45, 2.75) is 0 Å². The normalized spacial score (nSPS) is 9.92. The molecule has 2 aromatic rings. The minimum Gasteiger partial charge on any atom is -0.321 e. The zero-order valence-electron chi connectivity index (χ0n) is 6.53. The number of aromatic nitrogens is 4. The van der Waals surface area contributed by atoms with Crippen molar-refractivity contribution in [2.24, 2.45) is 0 Å². The Labute approximate surface area is 82.7 Å². The van der Waals surface area contributed by atoms with E-state index in [9.17, 15) is 0 Å². The van der Waals surface area contributed by atoms with Crippen molar-refractivity contribution in [3.8, 4) is 0 Å². The molecule has 2 heterocycles. The van der Waals surface area contributed by atoms with Crippen molar-refractivity contribution in [3.63, 3.8) is 0 Å². The second kappa shape index (κ2) is 3.53. The van der Waals surface area contributed by atoms with Crippen LogP contribution in [0.4, 0.5) is 11.6 Å². The summed E-state index contributed by atoms with van der Waals surface area (Å²) in [5.74, 6) is 0.546. The van der Waals surface area contributed by atoms with Crippen LogP contribution in [0.1, 0.15) is 0 Å². The maximum absolute atomic E-state index is 4.04. The Kier molecular flexibility index (Phi) is 2.22. The highest BCUT2D eigenvalue weighted by atomic mass is 79.9. The van der Waals surface area contributed by atoms with E-state index in [1.165, 1.54) is 0 Å². The Morgan fingerprint density at radius 2 is 2.00 bits per heavy atom. The van der Waals surface area contributed by atoms with E-state index in [4.69, 9.17) is 0 Å². The van der Waals surface area contributed by atoms with Gasteiger partial charge in [0.1, 0.15) is 0 Å². The Morgan fingerprint density at radius 3 is 2.62 bits per heavy atom. The molecule has 0 saturated carbocycles. The molecule has 0 aromatic carbocycles. The van der Waals surface area contributed by atoms with Gasteiger partial charge in [0, 0.05) is 18.6 Å². The van der Waals surface area contributed by atoms with Crippen LogP contribution < -0.4 is 5.32 Å². The highest BCUT2D eigenvalue weighted by molar-refractivity contribution is 9.10. The van der Waals surface area contributed by atoms with Gasteiger partial charge in [0.25, 0.3) is 0 Å². The summed E-state index contributed by atoms with van der Waals surface area (Å²) in [6, 6.07) is 0. The Bertz CT molecular complexity index is 368. The van der Waals surface area contributed by atoms with Crippen molar-refractivity contribution in [3.05, 3.63) is 29.3 Å². The van der Waals surface area contributed by atoms with Crippen LogP contribution in [0.2, 0.25) is 0 Å². The average molecular weight is 240 g/mol. The smallest absolute Gasteiger partial charge is 0.227 e. The molecule has 0 spiro atoms. The van der Waals surface area contributed by atoms with E-state index in [1.807, 2.05) is 0 Å². The largest absolute Gasteiger partial charge is 0.321 e. The minimum absolute atomic E-state index is 0.546. The zero-order chi connectivity index (χ0) is 9.10. The number of halogens is 1. The molecule has 2 N–H and O–H groups in total. The average Bonchev–Trinajstić information content (AvgIpc) is 2.62. The fourth-order valence-electron chi connectivity index (χ4n) is 0.825. The Balaban J connectivity index is 2.15. The molecular formula is C7H6BrN5. The lowest BCUT2D eigenvalue weighted by Gasteiger charge is -1.99. The summed E-state index contributed by atoms with van der Waals surface area (Å²) in [5, 5.41) is 9.44. The fourth-order valence-corrected chi connectivity index (χ4v) is 1.03. The van der Waals surface area contributed by atoms with Crippen molar-refractivity contribution in [2.75, 3.05) is 5.32 Å². The quantitative estimate of drug-likeness (QED) is 0.838. The van der Waals surface area contributed by atoms with Crippen LogP contribution in [0.25, 0.3) is 0 Å². The SMILES string of the molecule is Brc1cnc(Nc2cn[nH]c2)nc1. The molecule has 0 radical (unpaired) electrons. The Morgan fingerprint density at radius 1 is 1.23 bits per heavy atom. The standard InChI is InChI=1S/C7H6BrN5/c8-5-1-9-7(10-2-5)13-6-3-11-12-4-6/h1-4H,(H,11,12)(H,9,10,13). The lowest BCUT2D eigenvalue weighted by atomic mass is 10.6. The van der Waals surface area contributed by atoms with E-state index in [2.05, 4.69) is 41.4 Å². The molecule has 0 unspecified atom stereocenters. The molecule has 0 atom stereocenters. The van der Waals surface area contributed by atoms with E-state index >= 15 is 0 Å². The third-order valence-corrected chi connectivity index (χ3v) is 1.78. The second-order valence-corrected chi connectivity index (χ2v) is 3.25. The lowest BCUT2D eigenvalue weighted by Crippen LogP contribution is -1.94. The van der Waals surface area contributed by atoms with Gasteiger partial charge < -0.3 is 5.32 Å². The van der Waals surface area contributed by atoms with Gasteiger partial charge in [-0.2, -0.15) is 5.10 Å². The summed E-state index contributed by atoms with van der Waals surface area (Å²) in [5.41, 5.74) is 0.835. The van der Waals surface area contributed by atoms with Crippen LogP contribution in [0.3, 0.4) is 0 Å². The molecule has 0 amide bonds.